The largest absolute Gasteiger partial charge is 0.443 e. The van der Waals surface area contributed by atoms with Gasteiger partial charge in [-0.1, -0.05) is 0 Å². The SMILES string of the molecule is CN(CC1CC1)c1cc(CC(C)(C)OC(N)=O)c([N+](=O)[O-])cc1C(F)(F)F. The highest BCUT2D eigenvalue weighted by molar-refractivity contribution is 5.66. The van der Waals surface area contributed by atoms with Crippen LogP contribution in [0.25, 0.3) is 0 Å². The van der Waals surface area contributed by atoms with Gasteiger partial charge in [-0.05, 0) is 38.7 Å². The Balaban J connectivity index is 2.53. The van der Waals surface area contributed by atoms with E-state index in [2.05, 4.69) is 0 Å². The number of carbonyl (C=O) groups excluding carboxylic acids is 1. The lowest BCUT2D eigenvalue weighted by Crippen LogP contribution is -2.33. The van der Waals surface area contributed by atoms with Gasteiger partial charge in [-0.15, -0.1) is 0 Å². The Hall–Kier alpha value is -2.52. The molecule has 0 radical (unpaired) electrons. The van der Waals surface area contributed by atoms with Crippen LogP contribution in [0.5, 0.6) is 0 Å². The van der Waals surface area contributed by atoms with Crippen LogP contribution in [0.15, 0.2) is 12.1 Å². The predicted octanol–water partition coefficient (Wildman–Crippen LogP) is 3.88. The maximum absolute atomic E-state index is 13.5. The van der Waals surface area contributed by atoms with Gasteiger partial charge < -0.3 is 15.4 Å². The van der Waals surface area contributed by atoms with E-state index in [1.807, 2.05) is 0 Å². The number of anilines is 1. The molecular weight excluding hydrogens is 367 g/mol. The van der Waals surface area contributed by atoms with Crippen LogP contribution in [0.1, 0.15) is 37.8 Å². The van der Waals surface area contributed by atoms with Gasteiger partial charge in [0.2, 0.25) is 0 Å². The van der Waals surface area contributed by atoms with Crippen molar-refractivity contribution >= 4 is 17.5 Å². The molecule has 1 aliphatic rings. The van der Waals surface area contributed by atoms with E-state index in [1.54, 1.807) is 0 Å². The molecule has 0 aliphatic heterocycles. The third-order valence-electron chi connectivity index (χ3n) is 4.33. The molecule has 0 atom stereocenters. The van der Waals surface area contributed by atoms with Gasteiger partial charge in [0, 0.05) is 37.3 Å². The van der Waals surface area contributed by atoms with E-state index in [4.69, 9.17) is 10.5 Å². The quantitative estimate of drug-likeness (QED) is 0.564. The average molecular weight is 389 g/mol. The van der Waals surface area contributed by atoms with Crippen LogP contribution in [-0.4, -0.2) is 30.2 Å². The number of alkyl halides is 3. The molecule has 1 saturated carbocycles. The highest BCUT2D eigenvalue weighted by Gasteiger charge is 2.39. The molecule has 2 N–H and O–H groups in total. The van der Waals surface area contributed by atoms with Crippen molar-refractivity contribution in [2.45, 2.75) is 44.9 Å². The van der Waals surface area contributed by atoms with Crippen molar-refractivity contribution in [2.75, 3.05) is 18.5 Å². The minimum absolute atomic E-state index is 0.0388. The summed E-state index contributed by atoms with van der Waals surface area (Å²) in [6.45, 7) is 3.39. The minimum atomic E-state index is -4.74. The van der Waals surface area contributed by atoms with Crippen molar-refractivity contribution in [3.8, 4) is 0 Å². The van der Waals surface area contributed by atoms with Gasteiger partial charge in [0.1, 0.15) is 5.60 Å². The number of primary amides is 1. The molecule has 0 saturated heterocycles. The number of nitrogens with zero attached hydrogens (tertiary/aromatic N) is 2. The molecule has 150 valence electrons. The molecule has 1 aromatic rings. The van der Waals surface area contributed by atoms with Gasteiger partial charge in [0.25, 0.3) is 5.69 Å². The maximum atomic E-state index is 13.5. The fourth-order valence-electron chi connectivity index (χ4n) is 3.03. The zero-order chi connectivity index (χ0) is 20.6. The second-order valence-corrected chi connectivity index (χ2v) is 7.43. The smallest absolute Gasteiger partial charge is 0.418 e. The van der Waals surface area contributed by atoms with E-state index in [1.165, 1.54) is 25.8 Å². The number of halogens is 3. The second-order valence-electron chi connectivity index (χ2n) is 7.43. The Morgan fingerprint density at radius 1 is 1.37 bits per heavy atom. The first-order chi connectivity index (χ1) is 12.3. The maximum Gasteiger partial charge on any atom is 0.418 e. The number of benzene rings is 1. The molecule has 1 aliphatic carbocycles. The van der Waals surface area contributed by atoms with Crippen molar-refractivity contribution in [1.82, 2.24) is 0 Å². The molecule has 10 heteroatoms. The van der Waals surface area contributed by atoms with Gasteiger partial charge in [-0.2, -0.15) is 13.2 Å². The van der Waals surface area contributed by atoms with Crippen LogP contribution in [0.2, 0.25) is 0 Å². The highest BCUT2D eigenvalue weighted by Crippen LogP contribution is 2.42. The van der Waals surface area contributed by atoms with Crippen LogP contribution >= 0.6 is 0 Å². The normalized spacial score (nSPS) is 14.7. The van der Waals surface area contributed by atoms with Gasteiger partial charge in [-0.3, -0.25) is 10.1 Å². The molecule has 1 amide bonds. The lowest BCUT2D eigenvalue weighted by Gasteiger charge is -2.27. The summed E-state index contributed by atoms with van der Waals surface area (Å²) < 4.78 is 45.5. The molecule has 0 heterocycles. The molecule has 7 nitrogen and oxygen atoms in total. The van der Waals surface area contributed by atoms with E-state index >= 15 is 0 Å². The van der Waals surface area contributed by atoms with Gasteiger partial charge in [0.05, 0.1) is 10.5 Å². The Kier molecular flexibility index (Phi) is 5.58. The number of nitrogens with two attached hydrogens (primary N) is 1. The predicted molar refractivity (Wildman–Crippen MR) is 92.5 cm³/mol. The summed E-state index contributed by atoms with van der Waals surface area (Å²) in [6, 6.07) is 1.71. The molecule has 27 heavy (non-hydrogen) atoms. The van der Waals surface area contributed by atoms with E-state index in [9.17, 15) is 28.1 Å². The molecule has 0 aromatic heterocycles. The number of nitro groups is 1. The first-order valence-corrected chi connectivity index (χ1v) is 8.38. The summed E-state index contributed by atoms with van der Waals surface area (Å²) in [6.07, 6.45) is -4.07. The molecular formula is C17H22F3N3O4. The first-order valence-electron chi connectivity index (χ1n) is 8.38. The summed E-state index contributed by atoms with van der Waals surface area (Å²) >= 11 is 0. The first kappa shape index (κ1) is 20.8. The molecule has 0 bridgehead atoms. The zero-order valence-corrected chi connectivity index (χ0v) is 15.3. The third-order valence-corrected chi connectivity index (χ3v) is 4.33. The fraction of sp³-hybridized carbons (Fsp3) is 0.588. The van der Waals surface area contributed by atoms with Crippen LogP contribution in [0, 0.1) is 16.0 Å². The van der Waals surface area contributed by atoms with Crippen LogP contribution in [0.3, 0.4) is 0 Å². The van der Waals surface area contributed by atoms with Crippen molar-refractivity contribution in [3.63, 3.8) is 0 Å². The molecule has 1 aromatic carbocycles. The number of carbonyl (C=O) groups is 1. The van der Waals surface area contributed by atoms with E-state index in [0.29, 0.717) is 18.5 Å². The Morgan fingerprint density at radius 3 is 2.41 bits per heavy atom. The lowest BCUT2D eigenvalue weighted by molar-refractivity contribution is -0.385. The van der Waals surface area contributed by atoms with Crippen LogP contribution in [-0.2, 0) is 17.3 Å². The third kappa shape index (κ3) is 5.48. The number of ether oxygens (including phenoxy) is 1. The summed E-state index contributed by atoms with van der Waals surface area (Å²) in [4.78, 5) is 23.0. The fourth-order valence-corrected chi connectivity index (χ4v) is 3.03. The highest BCUT2D eigenvalue weighted by atomic mass is 19.4. The van der Waals surface area contributed by atoms with Crippen molar-refractivity contribution in [3.05, 3.63) is 33.4 Å². The zero-order valence-electron chi connectivity index (χ0n) is 15.3. The minimum Gasteiger partial charge on any atom is -0.443 e. The van der Waals surface area contributed by atoms with Gasteiger partial charge >= 0.3 is 12.3 Å². The Morgan fingerprint density at radius 2 is 1.96 bits per heavy atom. The van der Waals surface area contributed by atoms with Crippen molar-refractivity contribution in [1.29, 1.82) is 0 Å². The summed E-state index contributed by atoms with van der Waals surface area (Å²) in [7, 11) is 1.53. The van der Waals surface area contributed by atoms with Gasteiger partial charge in [-0.25, -0.2) is 4.79 Å². The molecule has 2 rings (SSSR count). The average Bonchev–Trinajstić information content (AvgIpc) is 3.27. The molecule has 0 unspecified atom stereocenters. The van der Waals surface area contributed by atoms with E-state index < -0.39 is 34.0 Å². The monoisotopic (exact) mass is 389 g/mol. The summed E-state index contributed by atoms with van der Waals surface area (Å²) in [5.74, 6) is 0.323. The van der Waals surface area contributed by atoms with E-state index in [0.717, 1.165) is 18.9 Å². The lowest BCUT2D eigenvalue weighted by atomic mass is 9.94. The number of nitro benzene ring substituents is 1. The van der Waals surface area contributed by atoms with Crippen LogP contribution in [0.4, 0.5) is 29.3 Å². The summed E-state index contributed by atoms with van der Waals surface area (Å²) in [5, 5.41) is 11.4. The Labute approximate surface area is 154 Å². The number of amides is 1. The van der Waals surface area contributed by atoms with Crippen molar-refractivity contribution < 1.29 is 27.6 Å². The topological polar surface area (TPSA) is 98.7 Å². The number of hydrogen-bond acceptors (Lipinski definition) is 5. The Bertz CT molecular complexity index is 746. The number of hydrogen-bond donors (Lipinski definition) is 1. The van der Waals surface area contributed by atoms with E-state index in [-0.39, 0.29) is 17.7 Å². The molecule has 0 spiro atoms. The molecule has 1 fully saturated rings. The summed E-state index contributed by atoms with van der Waals surface area (Å²) in [5.41, 5.74) is 1.95. The van der Waals surface area contributed by atoms with Crippen LogP contribution < -0.4 is 10.6 Å². The van der Waals surface area contributed by atoms with Gasteiger partial charge in [0.15, 0.2) is 0 Å². The number of rotatable bonds is 7. The van der Waals surface area contributed by atoms with Crippen molar-refractivity contribution in [2.24, 2.45) is 11.7 Å². The standard InChI is InChI=1S/C17H22F3N3O4/c1-16(2,27-15(21)24)8-11-6-14(22(3)9-10-4-5-10)12(17(18,19)20)7-13(11)23(25)26/h6-7,10H,4-5,8-9H2,1-3H3,(H2,21,24). The second kappa shape index (κ2) is 7.24.